The van der Waals surface area contributed by atoms with Gasteiger partial charge in [-0.25, -0.2) is 0 Å². The van der Waals surface area contributed by atoms with Crippen molar-refractivity contribution in [3.05, 3.63) is 72.9 Å². The molecule has 0 aromatic heterocycles. The summed E-state index contributed by atoms with van der Waals surface area (Å²) in [5.41, 5.74) is 0. The van der Waals surface area contributed by atoms with E-state index < -0.39 is 6.10 Å². The molecule has 0 amide bonds. The molecule has 0 fully saturated rings. The lowest BCUT2D eigenvalue weighted by molar-refractivity contribution is -0.167. The van der Waals surface area contributed by atoms with E-state index >= 15 is 0 Å². The van der Waals surface area contributed by atoms with Gasteiger partial charge >= 0.3 is 17.9 Å². The van der Waals surface area contributed by atoms with E-state index in [-0.39, 0.29) is 31.1 Å². The summed E-state index contributed by atoms with van der Waals surface area (Å²) in [7, 11) is 0. The van der Waals surface area contributed by atoms with Crippen LogP contribution in [0.15, 0.2) is 72.9 Å². The Morgan fingerprint density at radius 3 is 0.816 bits per heavy atom. The van der Waals surface area contributed by atoms with Gasteiger partial charge < -0.3 is 14.2 Å². The third kappa shape index (κ3) is 61.7. The molecule has 0 spiro atoms. The molecule has 1 atom stereocenters. The van der Waals surface area contributed by atoms with E-state index in [1.807, 2.05) is 0 Å². The van der Waals surface area contributed by atoms with Gasteiger partial charge in [0.05, 0.1) is 0 Å². The van der Waals surface area contributed by atoms with Gasteiger partial charge in [-0.3, -0.25) is 14.4 Å². The quantitative estimate of drug-likeness (QED) is 0.0261. The molecule has 6 nitrogen and oxygen atoms in total. The molecule has 440 valence electrons. The molecule has 0 aromatic carbocycles. The van der Waals surface area contributed by atoms with Gasteiger partial charge in [-0.1, -0.05) is 280 Å². The molecule has 0 aliphatic carbocycles. The van der Waals surface area contributed by atoms with E-state index in [0.29, 0.717) is 19.3 Å². The summed E-state index contributed by atoms with van der Waals surface area (Å²) < 4.78 is 16.9. The van der Waals surface area contributed by atoms with Crippen molar-refractivity contribution in [3.8, 4) is 0 Å². The van der Waals surface area contributed by atoms with Gasteiger partial charge in [-0.15, -0.1) is 0 Å². The largest absolute Gasteiger partial charge is 0.462 e. The monoisotopic (exact) mass is 1060 g/mol. The number of ether oxygens (including phenoxy) is 3. The van der Waals surface area contributed by atoms with Crippen molar-refractivity contribution in [1.29, 1.82) is 0 Å². The lowest BCUT2D eigenvalue weighted by Gasteiger charge is -2.18. The first-order valence-corrected chi connectivity index (χ1v) is 32.9. The van der Waals surface area contributed by atoms with E-state index in [9.17, 15) is 14.4 Å². The number of hydrogen-bond donors (Lipinski definition) is 0. The first kappa shape index (κ1) is 72.8. The third-order valence-electron chi connectivity index (χ3n) is 14.4. The Balaban J connectivity index is 4.32. The number of rotatable bonds is 60. The van der Waals surface area contributed by atoms with Crippen LogP contribution in [0.1, 0.15) is 335 Å². The summed E-state index contributed by atoms with van der Waals surface area (Å²) in [4.78, 5) is 38.3. The van der Waals surface area contributed by atoms with E-state index in [4.69, 9.17) is 14.2 Å². The molecule has 0 aliphatic rings. The zero-order valence-corrected chi connectivity index (χ0v) is 50.5. The number of carbonyl (C=O) groups excluding carboxylic acids is 3. The molecule has 1 unspecified atom stereocenters. The second-order valence-corrected chi connectivity index (χ2v) is 22.0. The highest BCUT2D eigenvalue weighted by molar-refractivity contribution is 5.71. The topological polar surface area (TPSA) is 78.9 Å². The molecule has 6 heteroatoms. The number of allylic oxidation sites excluding steroid dienone is 12. The van der Waals surface area contributed by atoms with Crippen LogP contribution in [-0.4, -0.2) is 37.2 Å². The molecule has 0 aliphatic heterocycles. The van der Waals surface area contributed by atoms with Crippen molar-refractivity contribution < 1.29 is 28.6 Å². The number of carbonyl (C=O) groups is 3. The molecule has 0 saturated carbocycles. The summed E-state index contributed by atoms with van der Waals surface area (Å²) in [6.45, 7) is 6.59. The lowest BCUT2D eigenvalue weighted by Crippen LogP contribution is -2.30. The minimum absolute atomic E-state index is 0.0838. The van der Waals surface area contributed by atoms with Gasteiger partial charge in [-0.2, -0.15) is 0 Å². The predicted molar refractivity (Wildman–Crippen MR) is 330 cm³/mol. The van der Waals surface area contributed by atoms with Gasteiger partial charge in [0.25, 0.3) is 0 Å². The standard InChI is InChI=1S/C70H124O6/c1-4-7-10-13-16-19-22-25-28-30-32-33-34-35-36-37-39-40-42-45-48-51-54-57-60-63-69(72)75-66-67(65-74-68(71)62-59-56-53-50-47-44-27-24-21-18-15-12-9-6-3)76-70(73)64-61-58-55-52-49-46-43-41-38-31-29-26-23-20-17-14-11-8-5-2/h15,17-18,20,24,26-27,29-30,32,38,41,67H,4-14,16,19,21-23,25,28,31,33-37,39-40,42-66H2,1-3H3/b18-15-,20-17-,27-24-,29-26-,32-30-,41-38-. The molecule has 0 aromatic rings. The van der Waals surface area contributed by atoms with Crippen molar-refractivity contribution in [2.24, 2.45) is 0 Å². The molecular formula is C70H124O6. The van der Waals surface area contributed by atoms with Crippen LogP contribution in [-0.2, 0) is 28.6 Å². The van der Waals surface area contributed by atoms with Crippen molar-refractivity contribution in [2.75, 3.05) is 13.2 Å². The fourth-order valence-electron chi connectivity index (χ4n) is 9.40. The Morgan fingerprint density at radius 1 is 0.263 bits per heavy atom. The lowest BCUT2D eigenvalue weighted by atomic mass is 10.0. The minimum atomic E-state index is -0.789. The average molecular weight is 1060 g/mol. The van der Waals surface area contributed by atoms with Crippen LogP contribution in [0.5, 0.6) is 0 Å². The third-order valence-corrected chi connectivity index (χ3v) is 14.4. The second kappa shape index (κ2) is 64.4. The Kier molecular flexibility index (Phi) is 61.7. The highest BCUT2D eigenvalue weighted by Crippen LogP contribution is 2.16. The molecule has 0 rings (SSSR count). The van der Waals surface area contributed by atoms with Crippen LogP contribution in [0, 0.1) is 0 Å². The van der Waals surface area contributed by atoms with E-state index in [2.05, 4.69) is 93.7 Å². The van der Waals surface area contributed by atoms with Crippen LogP contribution < -0.4 is 0 Å². The van der Waals surface area contributed by atoms with E-state index in [0.717, 1.165) is 103 Å². The van der Waals surface area contributed by atoms with Crippen LogP contribution >= 0.6 is 0 Å². The average Bonchev–Trinajstić information content (AvgIpc) is 3.42. The summed E-state index contributed by atoms with van der Waals surface area (Å²) >= 11 is 0. The van der Waals surface area contributed by atoms with Gasteiger partial charge in [0.15, 0.2) is 6.10 Å². The predicted octanol–water partition coefficient (Wildman–Crippen LogP) is 22.5. The number of unbranched alkanes of at least 4 members (excludes halogenated alkanes) is 37. The fourth-order valence-corrected chi connectivity index (χ4v) is 9.40. The highest BCUT2D eigenvalue weighted by atomic mass is 16.6. The van der Waals surface area contributed by atoms with Crippen LogP contribution in [0.3, 0.4) is 0 Å². The fraction of sp³-hybridized carbons (Fsp3) is 0.786. The Labute approximate surface area is 472 Å². The maximum Gasteiger partial charge on any atom is 0.306 e. The Bertz CT molecular complexity index is 1400. The molecule has 0 bridgehead atoms. The summed E-state index contributed by atoms with van der Waals surface area (Å²) in [5, 5.41) is 0. The smallest absolute Gasteiger partial charge is 0.306 e. The van der Waals surface area contributed by atoms with Gasteiger partial charge in [0.1, 0.15) is 13.2 Å². The number of hydrogen-bond acceptors (Lipinski definition) is 6. The molecule has 0 heterocycles. The first-order chi connectivity index (χ1) is 37.5. The molecule has 0 N–H and O–H groups in total. The zero-order valence-electron chi connectivity index (χ0n) is 50.5. The molecular weight excluding hydrogens is 937 g/mol. The van der Waals surface area contributed by atoms with Crippen molar-refractivity contribution in [2.45, 2.75) is 341 Å². The molecule has 0 radical (unpaired) electrons. The normalized spacial score (nSPS) is 12.5. The maximum absolute atomic E-state index is 12.9. The Morgan fingerprint density at radius 2 is 0.487 bits per heavy atom. The Hall–Kier alpha value is -3.15. The van der Waals surface area contributed by atoms with E-state index in [1.165, 1.54) is 193 Å². The van der Waals surface area contributed by atoms with Crippen LogP contribution in [0.25, 0.3) is 0 Å². The first-order valence-electron chi connectivity index (χ1n) is 32.9. The van der Waals surface area contributed by atoms with Crippen molar-refractivity contribution in [1.82, 2.24) is 0 Å². The summed E-state index contributed by atoms with van der Waals surface area (Å²) in [5.74, 6) is -0.897. The van der Waals surface area contributed by atoms with Crippen LogP contribution in [0.2, 0.25) is 0 Å². The van der Waals surface area contributed by atoms with Gasteiger partial charge in [0.2, 0.25) is 0 Å². The highest BCUT2D eigenvalue weighted by Gasteiger charge is 2.19. The summed E-state index contributed by atoms with van der Waals surface area (Å²) in [6.07, 6.45) is 83.4. The van der Waals surface area contributed by atoms with Gasteiger partial charge in [-0.05, 0) is 109 Å². The second-order valence-electron chi connectivity index (χ2n) is 22.0. The zero-order chi connectivity index (χ0) is 55.0. The molecule has 76 heavy (non-hydrogen) atoms. The van der Waals surface area contributed by atoms with Crippen LogP contribution in [0.4, 0.5) is 0 Å². The van der Waals surface area contributed by atoms with Gasteiger partial charge in [0, 0.05) is 19.3 Å². The molecule has 0 saturated heterocycles. The SMILES string of the molecule is CCCC/C=C\C/C=C\CCCCCCCC(=O)OCC(COC(=O)CCCCCCCCCCCCCCC/C=C\CCCCCCCCCC)OC(=O)CCCCCCCC/C=C\C/C=C\C/C=C\CCCCC. The minimum Gasteiger partial charge on any atom is -0.462 e. The maximum atomic E-state index is 12.9. The summed E-state index contributed by atoms with van der Waals surface area (Å²) in [6, 6.07) is 0. The van der Waals surface area contributed by atoms with E-state index in [1.54, 1.807) is 0 Å². The number of esters is 3. The van der Waals surface area contributed by atoms with Crippen molar-refractivity contribution in [3.63, 3.8) is 0 Å². The van der Waals surface area contributed by atoms with Crippen molar-refractivity contribution >= 4 is 17.9 Å².